The van der Waals surface area contributed by atoms with E-state index in [4.69, 9.17) is 17.0 Å². The highest BCUT2D eigenvalue weighted by Crippen LogP contribution is 2.42. The summed E-state index contributed by atoms with van der Waals surface area (Å²) >= 11 is 5.78. The molecule has 1 fully saturated rings. The van der Waals surface area contributed by atoms with E-state index < -0.39 is 0 Å². The van der Waals surface area contributed by atoms with Crippen molar-refractivity contribution in [2.75, 3.05) is 12.0 Å². The smallest absolute Gasteiger partial charge is 0.174 e. The molecule has 2 atom stereocenters. The van der Waals surface area contributed by atoms with Crippen LogP contribution >= 0.6 is 12.2 Å². The summed E-state index contributed by atoms with van der Waals surface area (Å²) in [5.41, 5.74) is 4.86. The summed E-state index contributed by atoms with van der Waals surface area (Å²) in [5.74, 6) is 0.514. The van der Waals surface area contributed by atoms with Gasteiger partial charge in [-0.1, -0.05) is 6.07 Å². The minimum atomic E-state index is -0.285. The fraction of sp³-hybridized carbons (Fsp3) is 0.154. The molecule has 5 rings (SSSR count). The molecule has 0 spiro atoms. The molecule has 1 aliphatic heterocycles. The monoisotopic (exact) mass is 458 g/mol. The van der Waals surface area contributed by atoms with Crippen molar-refractivity contribution >= 4 is 23.0 Å². The molecule has 0 bridgehead atoms. The first-order valence-electron chi connectivity index (χ1n) is 10.7. The zero-order chi connectivity index (χ0) is 22.9. The van der Waals surface area contributed by atoms with E-state index in [1.165, 1.54) is 12.1 Å². The van der Waals surface area contributed by atoms with Crippen molar-refractivity contribution in [2.24, 2.45) is 0 Å². The Morgan fingerprint density at radius 3 is 2.33 bits per heavy atom. The first kappa shape index (κ1) is 21.2. The summed E-state index contributed by atoms with van der Waals surface area (Å²) in [5, 5.41) is 4.03. The van der Waals surface area contributed by atoms with Gasteiger partial charge in [-0.3, -0.25) is 4.98 Å². The maximum Gasteiger partial charge on any atom is 0.174 e. The third-order valence-electron chi connectivity index (χ3n) is 5.94. The van der Waals surface area contributed by atoms with E-state index in [0.717, 1.165) is 34.2 Å². The van der Waals surface area contributed by atoms with Gasteiger partial charge in [0.05, 0.1) is 18.8 Å². The summed E-state index contributed by atoms with van der Waals surface area (Å²) in [6.07, 6.45) is 1.78. The van der Waals surface area contributed by atoms with Gasteiger partial charge in [-0.15, -0.1) is 0 Å². The summed E-state index contributed by atoms with van der Waals surface area (Å²) in [6.45, 7) is 2.08. The highest BCUT2D eigenvalue weighted by Gasteiger charge is 2.42. The zero-order valence-corrected chi connectivity index (χ0v) is 19.1. The predicted molar refractivity (Wildman–Crippen MR) is 131 cm³/mol. The topological polar surface area (TPSA) is 42.3 Å². The molecular formula is C26H23FN4OS. The fourth-order valence-electron chi connectivity index (χ4n) is 4.41. The molecule has 7 heteroatoms. The van der Waals surface area contributed by atoms with Crippen molar-refractivity contribution in [3.05, 3.63) is 108 Å². The van der Waals surface area contributed by atoms with E-state index in [1.54, 1.807) is 25.4 Å². The lowest BCUT2D eigenvalue weighted by Gasteiger charge is -2.29. The zero-order valence-electron chi connectivity index (χ0n) is 18.3. The molecule has 0 radical (unpaired) electrons. The largest absolute Gasteiger partial charge is 0.497 e. The van der Waals surface area contributed by atoms with E-state index in [0.29, 0.717) is 5.11 Å². The minimum Gasteiger partial charge on any atom is -0.497 e. The van der Waals surface area contributed by atoms with E-state index in [9.17, 15) is 4.39 Å². The Balaban J connectivity index is 1.67. The van der Waals surface area contributed by atoms with E-state index in [-0.39, 0.29) is 17.9 Å². The second-order valence-electron chi connectivity index (χ2n) is 7.91. The number of hydrogen-bond donors (Lipinski definition) is 1. The van der Waals surface area contributed by atoms with Crippen molar-refractivity contribution in [3.63, 3.8) is 0 Å². The number of aromatic nitrogens is 2. The maximum atomic E-state index is 13.7. The summed E-state index contributed by atoms with van der Waals surface area (Å²) < 4.78 is 21.2. The Kier molecular flexibility index (Phi) is 5.56. The number of hydrogen-bond acceptors (Lipinski definition) is 3. The molecule has 3 heterocycles. The molecule has 1 N–H and O–H groups in total. The van der Waals surface area contributed by atoms with Crippen LogP contribution in [0.4, 0.5) is 10.1 Å². The van der Waals surface area contributed by atoms with Crippen molar-refractivity contribution in [1.29, 1.82) is 0 Å². The van der Waals surface area contributed by atoms with E-state index >= 15 is 0 Å². The lowest BCUT2D eigenvalue weighted by Crippen LogP contribution is -2.30. The summed E-state index contributed by atoms with van der Waals surface area (Å²) in [7, 11) is 1.66. The fourth-order valence-corrected chi connectivity index (χ4v) is 4.75. The summed E-state index contributed by atoms with van der Waals surface area (Å²) in [4.78, 5) is 6.66. The van der Waals surface area contributed by atoms with Gasteiger partial charge in [0.2, 0.25) is 0 Å². The highest BCUT2D eigenvalue weighted by molar-refractivity contribution is 7.80. The lowest BCUT2D eigenvalue weighted by atomic mass is 10.0. The van der Waals surface area contributed by atoms with Crippen molar-refractivity contribution in [1.82, 2.24) is 14.9 Å². The van der Waals surface area contributed by atoms with Crippen molar-refractivity contribution < 1.29 is 9.13 Å². The second-order valence-corrected chi connectivity index (χ2v) is 8.29. The number of ether oxygens (including phenoxy) is 1. The molecular weight excluding hydrogens is 435 g/mol. The van der Waals surface area contributed by atoms with Gasteiger partial charge in [-0.25, -0.2) is 4.39 Å². The van der Waals surface area contributed by atoms with Gasteiger partial charge in [-0.2, -0.15) is 0 Å². The highest BCUT2D eigenvalue weighted by atomic mass is 32.1. The third-order valence-corrected chi connectivity index (χ3v) is 6.26. The van der Waals surface area contributed by atoms with Crippen LogP contribution in [0, 0.1) is 12.7 Å². The Morgan fingerprint density at radius 1 is 0.939 bits per heavy atom. The lowest BCUT2D eigenvalue weighted by molar-refractivity contribution is 0.414. The van der Waals surface area contributed by atoms with Crippen LogP contribution in [0.15, 0.2) is 85.1 Å². The van der Waals surface area contributed by atoms with Gasteiger partial charge in [-0.05, 0) is 91.9 Å². The molecule has 1 saturated heterocycles. The van der Waals surface area contributed by atoms with Crippen LogP contribution < -0.4 is 15.0 Å². The van der Waals surface area contributed by atoms with Crippen molar-refractivity contribution in [2.45, 2.75) is 19.0 Å². The van der Waals surface area contributed by atoms with Gasteiger partial charge < -0.3 is 19.5 Å². The van der Waals surface area contributed by atoms with E-state index in [2.05, 4.69) is 33.9 Å². The maximum absolute atomic E-state index is 13.7. The number of methoxy groups -OCH3 is 1. The Bertz CT molecular complexity index is 1270. The number of benzene rings is 2. The predicted octanol–water partition coefficient (Wildman–Crippen LogP) is 5.51. The first-order valence-corrected chi connectivity index (χ1v) is 11.1. The number of rotatable bonds is 5. The first-order chi connectivity index (χ1) is 16.1. The molecule has 2 aromatic heterocycles. The number of nitrogens with one attached hydrogen (secondary N) is 1. The molecule has 0 saturated carbocycles. The number of nitrogens with zero attached hydrogens (tertiary/aromatic N) is 3. The number of aryl methyl sites for hydroxylation is 1. The van der Waals surface area contributed by atoms with Crippen LogP contribution in [0.1, 0.15) is 29.2 Å². The van der Waals surface area contributed by atoms with Gasteiger partial charge in [0.25, 0.3) is 0 Å². The molecule has 4 aromatic rings. The van der Waals surface area contributed by atoms with Gasteiger partial charge in [0, 0.05) is 29.0 Å². The van der Waals surface area contributed by atoms with Crippen LogP contribution in [0.25, 0.3) is 5.69 Å². The van der Waals surface area contributed by atoms with Crippen LogP contribution in [0.3, 0.4) is 0 Å². The normalized spacial score (nSPS) is 17.8. The molecule has 5 nitrogen and oxygen atoms in total. The molecule has 0 unspecified atom stereocenters. The quantitative estimate of drug-likeness (QED) is 0.400. The second kappa shape index (κ2) is 8.67. The Labute approximate surface area is 197 Å². The standard InChI is InChI=1S/C26H23FN4OS/c1-17-6-15-23(30(17)19-11-13-21(32-2)14-12-19)25-24(22-5-3-4-16-28-22)29-26(33)31(25)20-9-7-18(27)8-10-20/h3-16,24-25H,1-2H3,(H,29,33)/t24-,25-/m0/s1. The number of thiocarbonyl (C=S) groups is 1. The van der Waals surface area contributed by atoms with Crippen LogP contribution in [0.5, 0.6) is 5.75 Å². The number of halogens is 1. The number of pyridine rings is 1. The van der Waals surface area contributed by atoms with Crippen LogP contribution in [-0.4, -0.2) is 21.8 Å². The van der Waals surface area contributed by atoms with Crippen molar-refractivity contribution in [3.8, 4) is 11.4 Å². The average Bonchev–Trinajstić information content (AvgIpc) is 3.39. The molecule has 1 aliphatic rings. The molecule has 166 valence electrons. The molecule has 0 aliphatic carbocycles. The van der Waals surface area contributed by atoms with Gasteiger partial charge in [0.15, 0.2) is 5.11 Å². The number of anilines is 1. The molecule has 33 heavy (non-hydrogen) atoms. The SMILES string of the molecule is COc1ccc(-n2c(C)ccc2[C@H]2[C@H](c3ccccn3)NC(=S)N2c2ccc(F)cc2)cc1. The van der Waals surface area contributed by atoms with E-state index in [1.807, 2.05) is 47.4 Å². The van der Waals surface area contributed by atoms with Gasteiger partial charge >= 0.3 is 0 Å². The Hall–Kier alpha value is -3.71. The van der Waals surface area contributed by atoms with Crippen LogP contribution in [-0.2, 0) is 0 Å². The Morgan fingerprint density at radius 2 is 1.67 bits per heavy atom. The minimum absolute atomic E-state index is 0.185. The molecule has 0 amide bonds. The van der Waals surface area contributed by atoms with Crippen LogP contribution in [0.2, 0.25) is 0 Å². The molecule has 2 aromatic carbocycles. The third kappa shape index (κ3) is 3.85. The average molecular weight is 459 g/mol. The van der Waals surface area contributed by atoms with Gasteiger partial charge in [0.1, 0.15) is 17.6 Å². The summed E-state index contributed by atoms with van der Waals surface area (Å²) in [6, 6.07) is 24.1.